The number of amides is 2. The van der Waals surface area contributed by atoms with Crippen molar-refractivity contribution >= 4 is 11.8 Å². The summed E-state index contributed by atoms with van der Waals surface area (Å²) in [4.78, 5) is 30.0. The molecule has 0 saturated carbocycles. The van der Waals surface area contributed by atoms with Crippen LogP contribution in [0.3, 0.4) is 0 Å². The highest BCUT2D eigenvalue weighted by molar-refractivity contribution is 5.82. The molecule has 2 atom stereocenters. The van der Waals surface area contributed by atoms with E-state index in [-0.39, 0.29) is 29.8 Å². The average molecular weight is 429 g/mol. The Labute approximate surface area is 187 Å². The molecule has 2 saturated heterocycles. The van der Waals surface area contributed by atoms with Crippen LogP contribution in [-0.4, -0.2) is 66.4 Å². The van der Waals surface area contributed by atoms with Crippen molar-refractivity contribution < 1.29 is 9.59 Å². The highest BCUT2D eigenvalue weighted by Crippen LogP contribution is 2.20. The summed E-state index contributed by atoms with van der Waals surface area (Å²) in [6.45, 7) is 9.44. The molecule has 0 aliphatic carbocycles. The number of piperidine rings is 2. The summed E-state index contributed by atoms with van der Waals surface area (Å²) in [5.41, 5.74) is 1.34. The first-order chi connectivity index (χ1) is 15.1. The third-order valence-electron chi connectivity index (χ3n) is 6.76. The molecule has 2 N–H and O–H groups in total. The minimum Gasteiger partial charge on any atom is -0.356 e. The Morgan fingerprint density at radius 3 is 2.55 bits per heavy atom. The van der Waals surface area contributed by atoms with Crippen LogP contribution >= 0.6 is 0 Å². The summed E-state index contributed by atoms with van der Waals surface area (Å²) in [5, 5.41) is 6.34. The number of unbranched alkanes of at least 4 members (excludes halogenated alkanes) is 1. The van der Waals surface area contributed by atoms with Gasteiger partial charge in [0.1, 0.15) is 0 Å². The smallest absolute Gasteiger partial charge is 0.237 e. The standard InChI is InChI=1S/C25H40N4O2/c1-3-4-14-26-25(31)22-11-8-15-29(19-22)20(2)24(30)27-23-12-16-28(17-13-23)18-21-9-6-5-7-10-21/h5-7,9-10,20,22-23H,3-4,8,11-19H2,1-2H3,(H,26,31)(H,27,30). The zero-order chi connectivity index (χ0) is 22.1. The molecule has 0 bridgehead atoms. The minimum atomic E-state index is -0.186. The van der Waals surface area contributed by atoms with Crippen molar-refractivity contribution in [1.29, 1.82) is 0 Å². The van der Waals surface area contributed by atoms with E-state index >= 15 is 0 Å². The van der Waals surface area contributed by atoms with Crippen LogP contribution in [0.5, 0.6) is 0 Å². The van der Waals surface area contributed by atoms with Gasteiger partial charge in [0.2, 0.25) is 11.8 Å². The predicted octanol–water partition coefficient (Wildman–Crippen LogP) is 2.78. The molecule has 2 aliphatic rings. The van der Waals surface area contributed by atoms with E-state index in [2.05, 4.69) is 57.7 Å². The van der Waals surface area contributed by atoms with E-state index in [1.54, 1.807) is 0 Å². The molecule has 31 heavy (non-hydrogen) atoms. The van der Waals surface area contributed by atoms with E-state index in [0.29, 0.717) is 6.54 Å². The fourth-order valence-electron chi connectivity index (χ4n) is 4.67. The van der Waals surface area contributed by atoms with Gasteiger partial charge in [0.15, 0.2) is 0 Å². The molecule has 0 aromatic heterocycles. The number of benzene rings is 1. The summed E-state index contributed by atoms with van der Waals surface area (Å²) >= 11 is 0. The number of nitrogens with one attached hydrogen (secondary N) is 2. The molecular formula is C25H40N4O2. The monoisotopic (exact) mass is 428 g/mol. The zero-order valence-corrected chi connectivity index (χ0v) is 19.3. The largest absolute Gasteiger partial charge is 0.356 e. The summed E-state index contributed by atoms with van der Waals surface area (Å²) < 4.78 is 0. The fraction of sp³-hybridized carbons (Fsp3) is 0.680. The van der Waals surface area contributed by atoms with Crippen LogP contribution in [0.2, 0.25) is 0 Å². The highest BCUT2D eigenvalue weighted by Gasteiger charge is 2.31. The van der Waals surface area contributed by atoms with Crippen molar-refractivity contribution in [3.63, 3.8) is 0 Å². The van der Waals surface area contributed by atoms with Crippen molar-refractivity contribution in [2.75, 3.05) is 32.7 Å². The van der Waals surface area contributed by atoms with Crippen molar-refractivity contribution in [2.24, 2.45) is 5.92 Å². The second-order valence-electron chi connectivity index (χ2n) is 9.20. The Bertz CT molecular complexity index is 688. The van der Waals surface area contributed by atoms with Gasteiger partial charge in [-0.2, -0.15) is 0 Å². The first-order valence-corrected chi connectivity index (χ1v) is 12.1. The number of hydrogen-bond acceptors (Lipinski definition) is 4. The van der Waals surface area contributed by atoms with Gasteiger partial charge in [0, 0.05) is 38.8 Å². The normalized spacial score (nSPS) is 22.1. The van der Waals surface area contributed by atoms with Crippen LogP contribution < -0.4 is 10.6 Å². The van der Waals surface area contributed by atoms with Crippen molar-refractivity contribution in [2.45, 2.75) is 71.0 Å². The Morgan fingerprint density at radius 2 is 1.84 bits per heavy atom. The summed E-state index contributed by atoms with van der Waals surface area (Å²) in [5.74, 6) is 0.257. The van der Waals surface area contributed by atoms with Crippen LogP contribution in [0.15, 0.2) is 30.3 Å². The molecule has 2 aliphatic heterocycles. The van der Waals surface area contributed by atoms with Gasteiger partial charge in [-0.3, -0.25) is 19.4 Å². The lowest BCUT2D eigenvalue weighted by atomic mass is 9.95. The van der Waals surface area contributed by atoms with Crippen LogP contribution in [0.1, 0.15) is 57.9 Å². The molecule has 0 spiro atoms. The van der Waals surface area contributed by atoms with Crippen LogP contribution in [0.4, 0.5) is 0 Å². The Morgan fingerprint density at radius 1 is 1.10 bits per heavy atom. The van der Waals surface area contributed by atoms with E-state index in [0.717, 1.165) is 71.2 Å². The summed E-state index contributed by atoms with van der Waals surface area (Å²) in [6.07, 6.45) is 5.98. The van der Waals surface area contributed by atoms with Gasteiger partial charge in [-0.05, 0) is 51.1 Å². The summed E-state index contributed by atoms with van der Waals surface area (Å²) in [6, 6.07) is 10.6. The third-order valence-corrected chi connectivity index (χ3v) is 6.76. The molecule has 2 amide bonds. The Hall–Kier alpha value is -1.92. The minimum absolute atomic E-state index is 0.00193. The SMILES string of the molecule is CCCCNC(=O)C1CCCN(C(C)C(=O)NC2CCN(Cc3ccccc3)CC2)C1. The zero-order valence-electron chi connectivity index (χ0n) is 19.3. The average Bonchev–Trinajstić information content (AvgIpc) is 2.80. The van der Waals surface area contributed by atoms with Crippen molar-refractivity contribution in [3.05, 3.63) is 35.9 Å². The van der Waals surface area contributed by atoms with E-state index in [4.69, 9.17) is 0 Å². The van der Waals surface area contributed by atoms with Gasteiger partial charge in [-0.15, -0.1) is 0 Å². The first kappa shape index (κ1) is 23.7. The van der Waals surface area contributed by atoms with Gasteiger partial charge in [-0.25, -0.2) is 0 Å². The van der Waals surface area contributed by atoms with E-state index in [1.165, 1.54) is 5.56 Å². The van der Waals surface area contributed by atoms with Crippen LogP contribution in [0.25, 0.3) is 0 Å². The van der Waals surface area contributed by atoms with E-state index < -0.39 is 0 Å². The number of hydrogen-bond donors (Lipinski definition) is 2. The number of carbonyl (C=O) groups excluding carboxylic acids is 2. The van der Waals surface area contributed by atoms with Crippen molar-refractivity contribution in [1.82, 2.24) is 20.4 Å². The second-order valence-corrected chi connectivity index (χ2v) is 9.20. The molecule has 2 heterocycles. The quantitative estimate of drug-likeness (QED) is 0.594. The molecule has 1 aromatic rings. The maximum Gasteiger partial charge on any atom is 0.237 e. The lowest BCUT2D eigenvalue weighted by Gasteiger charge is -2.37. The molecule has 0 radical (unpaired) electrons. The lowest BCUT2D eigenvalue weighted by molar-refractivity contribution is -0.131. The molecule has 172 valence electrons. The first-order valence-electron chi connectivity index (χ1n) is 12.1. The summed E-state index contributed by atoms with van der Waals surface area (Å²) in [7, 11) is 0. The predicted molar refractivity (Wildman–Crippen MR) is 125 cm³/mol. The van der Waals surface area contributed by atoms with E-state index in [1.807, 2.05) is 6.92 Å². The maximum atomic E-state index is 12.9. The molecule has 6 nitrogen and oxygen atoms in total. The highest BCUT2D eigenvalue weighted by atomic mass is 16.2. The topological polar surface area (TPSA) is 64.7 Å². The maximum absolute atomic E-state index is 12.9. The van der Waals surface area contributed by atoms with Gasteiger partial charge >= 0.3 is 0 Å². The Balaban J connectivity index is 1.40. The number of likely N-dealkylation sites (tertiary alicyclic amines) is 2. The molecule has 1 aromatic carbocycles. The second kappa shape index (κ2) is 12.2. The van der Waals surface area contributed by atoms with E-state index in [9.17, 15) is 9.59 Å². The van der Waals surface area contributed by atoms with Crippen LogP contribution in [-0.2, 0) is 16.1 Å². The van der Waals surface area contributed by atoms with Crippen LogP contribution in [0, 0.1) is 5.92 Å². The lowest BCUT2D eigenvalue weighted by Crippen LogP contribution is -2.54. The third kappa shape index (κ3) is 7.32. The fourth-order valence-corrected chi connectivity index (χ4v) is 4.67. The van der Waals surface area contributed by atoms with Gasteiger partial charge in [-0.1, -0.05) is 43.7 Å². The number of nitrogens with zero attached hydrogens (tertiary/aromatic N) is 2. The Kier molecular flexibility index (Phi) is 9.34. The number of rotatable bonds is 9. The molecule has 2 unspecified atom stereocenters. The van der Waals surface area contributed by atoms with Crippen molar-refractivity contribution in [3.8, 4) is 0 Å². The van der Waals surface area contributed by atoms with Gasteiger partial charge in [0.05, 0.1) is 12.0 Å². The molecule has 6 heteroatoms. The van der Waals surface area contributed by atoms with Gasteiger partial charge < -0.3 is 10.6 Å². The number of carbonyl (C=O) groups is 2. The van der Waals surface area contributed by atoms with Gasteiger partial charge in [0.25, 0.3) is 0 Å². The molecule has 2 fully saturated rings. The molecule has 3 rings (SSSR count). The molecular weight excluding hydrogens is 388 g/mol.